The Hall–Kier alpha value is -2.66. The van der Waals surface area contributed by atoms with Gasteiger partial charge in [-0.05, 0) is 56.5 Å². The number of likely N-dealkylation sites (tertiary alicyclic amines) is 1. The largest absolute Gasteiger partial charge is 0.465 e. The summed E-state index contributed by atoms with van der Waals surface area (Å²) in [7, 11) is 1.36. The number of ether oxygens (including phenoxy) is 1. The first-order chi connectivity index (χ1) is 13.5. The van der Waals surface area contributed by atoms with Gasteiger partial charge in [0, 0.05) is 6.54 Å². The second-order valence-electron chi connectivity index (χ2n) is 7.46. The normalized spacial score (nSPS) is 17.9. The molecule has 1 aliphatic heterocycles. The molecule has 0 bridgehead atoms. The molecule has 28 heavy (non-hydrogen) atoms. The third-order valence-corrected chi connectivity index (χ3v) is 5.33. The molecule has 0 aromatic heterocycles. The zero-order valence-corrected chi connectivity index (χ0v) is 16.8. The fourth-order valence-electron chi connectivity index (χ4n) is 3.78. The molecule has 0 saturated carbocycles. The van der Waals surface area contributed by atoms with E-state index in [0.29, 0.717) is 5.56 Å². The van der Waals surface area contributed by atoms with Crippen LogP contribution < -0.4 is 5.32 Å². The number of esters is 1. The molecule has 1 N–H and O–H groups in total. The summed E-state index contributed by atoms with van der Waals surface area (Å²) in [4.78, 5) is 26.7. The molecule has 0 radical (unpaired) electrons. The molecule has 1 fully saturated rings. The molecule has 2 aromatic carbocycles. The lowest BCUT2D eigenvalue weighted by molar-refractivity contribution is -0.126. The van der Waals surface area contributed by atoms with Crippen molar-refractivity contribution in [2.45, 2.75) is 45.3 Å². The van der Waals surface area contributed by atoms with Crippen molar-refractivity contribution in [3.63, 3.8) is 0 Å². The van der Waals surface area contributed by atoms with Gasteiger partial charge in [-0.15, -0.1) is 0 Å². The molecule has 2 aromatic rings. The van der Waals surface area contributed by atoms with E-state index in [9.17, 15) is 9.59 Å². The van der Waals surface area contributed by atoms with Crippen LogP contribution >= 0.6 is 0 Å². The Morgan fingerprint density at radius 3 is 2.64 bits per heavy atom. The lowest BCUT2D eigenvalue weighted by Gasteiger charge is -2.25. The fourth-order valence-corrected chi connectivity index (χ4v) is 3.78. The van der Waals surface area contributed by atoms with Crippen molar-refractivity contribution in [1.29, 1.82) is 0 Å². The van der Waals surface area contributed by atoms with Gasteiger partial charge in [0.05, 0.1) is 24.8 Å². The van der Waals surface area contributed by atoms with Crippen LogP contribution in [0.3, 0.4) is 0 Å². The Labute approximate surface area is 166 Å². The van der Waals surface area contributed by atoms with Gasteiger partial charge in [-0.3, -0.25) is 9.69 Å². The Morgan fingerprint density at radius 2 is 1.96 bits per heavy atom. The van der Waals surface area contributed by atoms with Crippen LogP contribution in [-0.2, 0) is 16.1 Å². The monoisotopic (exact) mass is 380 g/mol. The molecule has 5 heteroatoms. The summed E-state index contributed by atoms with van der Waals surface area (Å²) in [6.45, 7) is 5.78. The summed E-state index contributed by atoms with van der Waals surface area (Å²) in [6.07, 6.45) is 1.91. The van der Waals surface area contributed by atoms with E-state index in [1.807, 2.05) is 19.1 Å². The van der Waals surface area contributed by atoms with Gasteiger partial charge in [0.15, 0.2) is 0 Å². The van der Waals surface area contributed by atoms with E-state index in [2.05, 4.69) is 41.4 Å². The lowest BCUT2D eigenvalue weighted by atomic mass is 10.1. The third kappa shape index (κ3) is 4.78. The van der Waals surface area contributed by atoms with E-state index < -0.39 is 0 Å². The number of methoxy groups -OCH3 is 1. The zero-order chi connectivity index (χ0) is 20.1. The number of rotatable bonds is 6. The Morgan fingerprint density at radius 1 is 1.21 bits per heavy atom. The average molecular weight is 380 g/mol. The Balaban J connectivity index is 1.61. The van der Waals surface area contributed by atoms with Crippen molar-refractivity contribution in [2.75, 3.05) is 13.7 Å². The smallest absolute Gasteiger partial charge is 0.337 e. The minimum atomic E-state index is -0.360. The first-order valence-electron chi connectivity index (χ1n) is 9.76. The highest BCUT2D eigenvalue weighted by Crippen LogP contribution is 2.22. The Bertz CT molecular complexity index is 832. The molecular weight excluding hydrogens is 352 g/mol. The quantitative estimate of drug-likeness (QED) is 0.778. The summed E-state index contributed by atoms with van der Waals surface area (Å²) >= 11 is 0. The maximum Gasteiger partial charge on any atom is 0.337 e. The number of aryl methyl sites for hydroxylation is 1. The third-order valence-electron chi connectivity index (χ3n) is 5.33. The van der Waals surface area contributed by atoms with E-state index in [-0.39, 0.29) is 24.0 Å². The maximum absolute atomic E-state index is 12.9. The molecule has 1 amide bonds. The minimum Gasteiger partial charge on any atom is -0.465 e. The van der Waals surface area contributed by atoms with Gasteiger partial charge in [-0.1, -0.05) is 42.0 Å². The van der Waals surface area contributed by atoms with Crippen molar-refractivity contribution in [3.05, 3.63) is 70.8 Å². The number of carbonyl (C=O) groups excluding carboxylic acids is 2. The van der Waals surface area contributed by atoms with Crippen molar-refractivity contribution >= 4 is 11.9 Å². The highest BCUT2D eigenvalue weighted by atomic mass is 16.5. The number of nitrogens with zero attached hydrogens (tertiary/aromatic N) is 1. The van der Waals surface area contributed by atoms with Gasteiger partial charge in [0.2, 0.25) is 5.91 Å². The predicted octanol–water partition coefficient (Wildman–Crippen LogP) is 3.62. The number of hydrogen-bond acceptors (Lipinski definition) is 4. The summed E-state index contributed by atoms with van der Waals surface area (Å²) in [6, 6.07) is 15.4. The molecular formula is C23H28N2O3. The molecule has 5 nitrogen and oxygen atoms in total. The van der Waals surface area contributed by atoms with Crippen LogP contribution in [0.5, 0.6) is 0 Å². The molecule has 1 heterocycles. The minimum absolute atomic E-state index is 0.0645. The standard InChI is InChI=1S/C23H28N2O3/c1-16-6-4-7-18(14-16)15-25-13-5-8-21(25)22(26)24-17(2)19-9-11-20(12-10-19)23(27)28-3/h4,6-7,9-12,14,17,21H,5,8,13,15H2,1-3H3,(H,24,26)/t17-,21?/m0/s1. The topological polar surface area (TPSA) is 58.6 Å². The number of nitrogens with one attached hydrogen (secondary N) is 1. The Kier molecular flexibility index (Phi) is 6.47. The molecule has 148 valence electrons. The van der Waals surface area contributed by atoms with E-state index in [1.54, 1.807) is 12.1 Å². The number of carbonyl (C=O) groups is 2. The van der Waals surface area contributed by atoms with Crippen molar-refractivity contribution in [1.82, 2.24) is 10.2 Å². The predicted molar refractivity (Wildman–Crippen MR) is 109 cm³/mol. The van der Waals surface area contributed by atoms with Crippen molar-refractivity contribution in [2.24, 2.45) is 0 Å². The first-order valence-corrected chi connectivity index (χ1v) is 9.76. The van der Waals surface area contributed by atoms with E-state index in [0.717, 1.165) is 31.5 Å². The highest BCUT2D eigenvalue weighted by Gasteiger charge is 2.31. The van der Waals surface area contributed by atoms with E-state index in [1.165, 1.54) is 18.2 Å². The van der Waals surface area contributed by atoms with Gasteiger partial charge in [0.25, 0.3) is 0 Å². The van der Waals surface area contributed by atoms with Crippen LogP contribution in [0.15, 0.2) is 48.5 Å². The molecule has 0 aliphatic carbocycles. The van der Waals surface area contributed by atoms with E-state index >= 15 is 0 Å². The first kappa shape index (κ1) is 20.1. The molecule has 3 rings (SSSR count). The second kappa shape index (κ2) is 9.02. The summed E-state index contributed by atoms with van der Waals surface area (Å²) in [5, 5.41) is 3.13. The molecule has 2 atom stereocenters. The van der Waals surface area contributed by atoms with Gasteiger partial charge >= 0.3 is 5.97 Å². The summed E-state index contributed by atoms with van der Waals surface area (Å²) in [5.74, 6) is -0.296. The summed E-state index contributed by atoms with van der Waals surface area (Å²) < 4.78 is 4.72. The number of hydrogen-bond donors (Lipinski definition) is 1. The van der Waals surface area contributed by atoms with Crippen molar-refractivity contribution < 1.29 is 14.3 Å². The maximum atomic E-state index is 12.9. The molecule has 0 spiro atoms. The lowest BCUT2D eigenvalue weighted by Crippen LogP contribution is -2.43. The van der Waals surface area contributed by atoms with Crippen LogP contribution in [0.1, 0.15) is 52.9 Å². The van der Waals surface area contributed by atoms with Crippen LogP contribution in [-0.4, -0.2) is 36.5 Å². The average Bonchev–Trinajstić information content (AvgIpc) is 3.15. The van der Waals surface area contributed by atoms with Crippen LogP contribution in [0.4, 0.5) is 0 Å². The fraction of sp³-hybridized carbons (Fsp3) is 0.391. The zero-order valence-electron chi connectivity index (χ0n) is 16.8. The second-order valence-corrected chi connectivity index (χ2v) is 7.46. The SMILES string of the molecule is COC(=O)c1ccc([C@H](C)NC(=O)C2CCCN2Cc2cccc(C)c2)cc1. The van der Waals surface area contributed by atoms with Gasteiger partial charge in [-0.25, -0.2) is 4.79 Å². The highest BCUT2D eigenvalue weighted by molar-refractivity contribution is 5.89. The van der Waals surface area contributed by atoms with Gasteiger partial charge in [-0.2, -0.15) is 0 Å². The van der Waals surface area contributed by atoms with Gasteiger partial charge < -0.3 is 10.1 Å². The van der Waals surface area contributed by atoms with Crippen LogP contribution in [0.25, 0.3) is 0 Å². The number of amides is 1. The van der Waals surface area contributed by atoms with Crippen LogP contribution in [0, 0.1) is 6.92 Å². The number of benzene rings is 2. The molecule has 1 saturated heterocycles. The van der Waals surface area contributed by atoms with Crippen LogP contribution in [0.2, 0.25) is 0 Å². The molecule has 1 aliphatic rings. The van der Waals surface area contributed by atoms with Crippen molar-refractivity contribution in [3.8, 4) is 0 Å². The summed E-state index contributed by atoms with van der Waals surface area (Å²) in [5.41, 5.74) is 3.95. The van der Waals surface area contributed by atoms with Gasteiger partial charge in [0.1, 0.15) is 0 Å². The van der Waals surface area contributed by atoms with E-state index in [4.69, 9.17) is 4.74 Å². The molecule has 1 unspecified atom stereocenters.